The van der Waals surface area contributed by atoms with Crippen LogP contribution in [-0.4, -0.2) is 17.8 Å². The van der Waals surface area contributed by atoms with E-state index in [1.165, 1.54) is 12.1 Å². The van der Waals surface area contributed by atoms with Crippen molar-refractivity contribution in [2.45, 2.75) is 26.4 Å². The molecule has 0 aliphatic carbocycles. The second-order valence-corrected chi connectivity index (χ2v) is 5.96. The molecule has 0 atom stereocenters. The molecular weight excluding hydrogens is 323 g/mol. The van der Waals surface area contributed by atoms with Crippen molar-refractivity contribution in [2.75, 3.05) is 6.61 Å². The molecule has 2 aromatic carbocycles. The van der Waals surface area contributed by atoms with Crippen molar-refractivity contribution in [3.05, 3.63) is 52.0 Å². The molecule has 3 nitrogen and oxygen atoms in total. The van der Waals surface area contributed by atoms with Crippen LogP contribution in [0, 0.1) is 0 Å². The van der Waals surface area contributed by atoms with Crippen LogP contribution in [0.3, 0.4) is 0 Å². The second kappa shape index (κ2) is 7.61. The van der Waals surface area contributed by atoms with E-state index in [0.29, 0.717) is 22.4 Å². The maximum atomic E-state index is 9.37. The minimum Gasteiger partial charge on any atom is -0.508 e. The highest BCUT2D eigenvalue weighted by molar-refractivity contribution is 6.37. The normalized spacial score (nSPS) is 10.8. The van der Waals surface area contributed by atoms with Crippen LogP contribution in [0.15, 0.2) is 36.4 Å². The number of aromatic hydroxyl groups is 1. The number of hydrogen-bond donors (Lipinski definition) is 1. The highest BCUT2D eigenvalue weighted by Gasteiger charge is 2.09. The van der Waals surface area contributed by atoms with Gasteiger partial charge in [-0.2, -0.15) is 0 Å². The minimum absolute atomic E-state index is 0.0168. The van der Waals surface area contributed by atoms with E-state index in [9.17, 15) is 5.11 Å². The van der Waals surface area contributed by atoms with Gasteiger partial charge in [-0.1, -0.05) is 35.3 Å². The van der Waals surface area contributed by atoms with Crippen molar-refractivity contribution in [1.29, 1.82) is 0 Å². The van der Waals surface area contributed by atoms with Gasteiger partial charge < -0.3 is 14.6 Å². The van der Waals surface area contributed by atoms with Gasteiger partial charge in [0.15, 0.2) is 5.75 Å². The summed E-state index contributed by atoms with van der Waals surface area (Å²) in [6.45, 7) is 4.42. The van der Waals surface area contributed by atoms with Crippen LogP contribution in [0.25, 0.3) is 0 Å². The highest BCUT2D eigenvalue weighted by Crippen LogP contribution is 2.36. The van der Waals surface area contributed by atoms with Crippen LogP contribution in [-0.2, 0) is 6.42 Å². The fraction of sp³-hybridized carbons (Fsp3) is 0.294. The van der Waals surface area contributed by atoms with Crippen LogP contribution in [0.5, 0.6) is 17.2 Å². The van der Waals surface area contributed by atoms with E-state index in [1.807, 2.05) is 38.1 Å². The van der Waals surface area contributed by atoms with E-state index in [1.54, 1.807) is 0 Å². The molecule has 0 aromatic heterocycles. The van der Waals surface area contributed by atoms with Crippen LogP contribution >= 0.6 is 23.2 Å². The van der Waals surface area contributed by atoms with Gasteiger partial charge >= 0.3 is 0 Å². The van der Waals surface area contributed by atoms with Crippen molar-refractivity contribution in [2.24, 2.45) is 0 Å². The summed E-state index contributed by atoms with van der Waals surface area (Å²) in [6.07, 6.45) is 0.878. The molecule has 0 heterocycles. The Morgan fingerprint density at radius 2 is 1.64 bits per heavy atom. The van der Waals surface area contributed by atoms with Gasteiger partial charge in [0.1, 0.15) is 11.5 Å². The van der Waals surface area contributed by atoms with Crippen molar-refractivity contribution in [3.8, 4) is 17.2 Å². The molecule has 0 bridgehead atoms. The number of halogens is 2. The topological polar surface area (TPSA) is 38.7 Å². The van der Waals surface area contributed by atoms with Crippen molar-refractivity contribution in [1.82, 2.24) is 0 Å². The Morgan fingerprint density at radius 3 is 2.18 bits per heavy atom. The SMILES string of the molecule is CC(C)Oc1ccc(CCOc2c(Cl)cc(O)cc2Cl)cc1. The average molecular weight is 341 g/mol. The lowest BCUT2D eigenvalue weighted by Crippen LogP contribution is -2.06. The fourth-order valence-electron chi connectivity index (χ4n) is 1.96. The molecular formula is C17H18Cl2O3. The van der Waals surface area contributed by atoms with Gasteiger partial charge in [0.05, 0.1) is 22.8 Å². The first-order chi connectivity index (χ1) is 10.5. The van der Waals surface area contributed by atoms with E-state index in [2.05, 4.69) is 0 Å². The van der Waals surface area contributed by atoms with Gasteiger partial charge in [0.25, 0.3) is 0 Å². The third-order valence-corrected chi connectivity index (χ3v) is 3.48. The molecule has 0 aliphatic heterocycles. The highest BCUT2D eigenvalue weighted by atomic mass is 35.5. The lowest BCUT2D eigenvalue weighted by molar-refractivity contribution is 0.242. The lowest BCUT2D eigenvalue weighted by Gasteiger charge is -2.12. The first kappa shape index (κ1) is 16.8. The van der Waals surface area contributed by atoms with Crippen LogP contribution in [0.2, 0.25) is 10.0 Å². The average Bonchev–Trinajstić information content (AvgIpc) is 2.43. The third kappa shape index (κ3) is 4.72. The Hall–Kier alpha value is -1.58. The van der Waals surface area contributed by atoms with E-state index < -0.39 is 0 Å². The summed E-state index contributed by atoms with van der Waals surface area (Å²) in [4.78, 5) is 0. The first-order valence-corrected chi connectivity index (χ1v) is 7.77. The summed E-state index contributed by atoms with van der Waals surface area (Å²) in [6, 6.07) is 10.7. The van der Waals surface area contributed by atoms with Crippen LogP contribution < -0.4 is 9.47 Å². The Labute approximate surface area is 140 Å². The molecule has 118 valence electrons. The molecule has 1 N–H and O–H groups in total. The molecule has 2 rings (SSSR count). The van der Waals surface area contributed by atoms with E-state index in [4.69, 9.17) is 32.7 Å². The van der Waals surface area contributed by atoms with Gasteiger partial charge in [-0.05, 0) is 31.5 Å². The number of phenols is 1. The molecule has 2 aromatic rings. The molecule has 5 heteroatoms. The Morgan fingerprint density at radius 1 is 1.05 bits per heavy atom. The maximum absolute atomic E-state index is 9.37. The molecule has 0 saturated heterocycles. The van der Waals surface area contributed by atoms with Crippen molar-refractivity contribution in [3.63, 3.8) is 0 Å². The van der Waals surface area contributed by atoms with Crippen LogP contribution in [0.4, 0.5) is 0 Å². The number of phenolic OH excluding ortho intramolecular Hbond substituents is 1. The zero-order valence-electron chi connectivity index (χ0n) is 12.5. The molecule has 0 amide bonds. The fourth-order valence-corrected chi connectivity index (χ4v) is 2.55. The zero-order chi connectivity index (χ0) is 16.1. The quantitative estimate of drug-likeness (QED) is 0.794. The van der Waals surface area contributed by atoms with E-state index >= 15 is 0 Å². The monoisotopic (exact) mass is 340 g/mol. The summed E-state index contributed by atoms with van der Waals surface area (Å²) in [7, 11) is 0. The van der Waals surface area contributed by atoms with Gasteiger partial charge in [-0.15, -0.1) is 0 Å². The zero-order valence-corrected chi connectivity index (χ0v) is 14.0. The number of rotatable bonds is 6. The molecule has 0 spiro atoms. The van der Waals surface area contributed by atoms with Gasteiger partial charge in [-0.25, -0.2) is 0 Å². The summed E-state index contributed by atoms with van der Waals surface area (Å²) in [5.41, 5.74) is 1.13. The summed E-state index contributed by atoms with van der Waals surface area (Å²) < 4.78 is 11.2. The number of ether oxygens (including phenoxy) is 2. The predicted octanol–water partition coefficient (Wildman–Crippen LogP) is 5.11. The molecule has 0 radical (unpaired) electrons. The Bertz CT molecular complexity index is 601. The van der Waals surface area contributed by atoms with Crippen molar-refractivity contribution >= 4 is 23.2 Å². The minimum atomic E-state index is 0.0168. The molecule has 0 saturated carbocycles. The van der Waals surface area contributed by atoms with E-state index in [0.717, 1.165) is 17.7 Å². The standard InChI is InChI=1S/C17H18Cl2O3/c1-11(2)22-14-5-3-12(4-6-14)7-8-21-17-15(18)9-13(20)10-16(17)19/h3-6,9-11,20H,7-8H2,1-2H3. The molecule has 0 fully saturated rings. The largest absolute Gasteiger partial charge is 0.508 e. The lowest BCUT2D eigenvalue weighted by atomic mass is 10.1. The number of benzene rings is 2. The third-order valence-electron chi connectivity index (χ3n) is 2.92. The first-order valence-electron chi connectivity index (χ1n) is 7.02. The summed E-state index contributed by atoms with van der Waals surface area (Å²) in [5, 5.41) is 9.97. The molecule has 0 unspecified atom stereocenters. The number of hydrogen-bond acceptors (Lipinski definition) is 3. The molecule has 0 aliphatic rings. The van der Waals surface area contributed by atoms with E-state index in [-0.39, 0.29) is 11.9 Å². The predicted molar refractivity (Wildman–Crippen MR) is 89.5 cm³/mol. The van der Waals surface area contributed by atoms with Gasteiger partial charge in [0.2, 0.25) is 0 Å². The Kier molecular flexibility index (Phi) is 5.81. The maximum Gasteiger partial charge on any atom is 0.156 e. The molecule has 22 heavy (non-hydrogen) atoms. The second-order valence-electron chi connectivity index (χ2n) is 5.15. The summed E-state index contributed by atoms with van der Waals surface area (Å²) >= 11 is 12.0. The van der Waals surface area contributed by atoms with Crippen LogP contribution in [0.1, 0.15) is 19.4 Å². The van der Waals surface area contributed by atoms with Gasteiger partial charge in [-0.3, -0.25) is 0 Å². The van der Waals surface area contributed by atoms with Crippen molar-refractivity contribution < 1.29 is 14.6 Å². The summed E-state index contributed by atoms with van der Waals surface area (Å²) in [5.74, 6) is 1.26. The smallest absolute Gasteiger partial charge is 0.156 e. The van der Waals surface area contributed by atoms with Gasteiger partial charge in [0, 0.05) is 18.6 Å². The Balaban J connectivity index is 1.91.